The smallest absolute Gasteiger partial charge is 0.119 e. The second-order valence-corrected chi connectivity index (χ2v) is 5.02. The average molecular weight is 224 g/mol. The first-order valence-corrected chi connectivity index (χ1v) is 6.00. The zero-order valence-electron chi connectivity index (χ0n) is 10.2. The van der Waals surface area contributed by atoms with Gasteiger partial charge >= 0.3 is 0 Å². The predicted molar refractivity (Wildman–Crippen MR) is 69.1 cm³/mol. The van der Waals surface area contributed by atoms with Crippen LogP contribution in [0.2, 0.25) is 0 Å². The molecule has 1 nitrogen and oxygen atoms in total. The standard InChI is InChI=1S/C16H16O/c1-11-8-12(2)15-13(9-11)10-16(15,17)14-6-4-3-5-7-14/h3-9,17H,10H2,1-2H3. The molecule has 17 heavy (non-hydrogen) atoms. The molecule has 0 fully saturated rings. The monoisotopic (exact) mass is 224 g/mol. The van der Waals surface area contributed by atoms with Crippen LogP contribution in [0.5, 0.6) is 0 Å². The first-order chi connectivity index (χ1) is 8.11. The van der Waals surface area contributed by atoms with E-state index < -0.39 is 5.60 Å². The third-order valence-corrected chi connectivity index (χ3v) is 3.67. The van der Waals surface area contributed by atoms with Crippen LogP contribution >= 0.6 is 0 Å². The summed E-state index contributed by atoms with van der Waals surface area (Å²) in [4.78, 5) is 0. The van der Waals surface area contributed by atoms with Crippen molar-refractivity contribution in [2.45, 2.75) is 25.9 Å². The lowest BCUT2D eigenvalue weighted by atomic mass is 9.67. The summed E-state index contributed by atoms with van der Waals surface area (Å²) in [6, 6.07) is 14.3. The third-order valence-electron chi connectivity index (χ3n) is 3.67. The van der Waals surface area contributed by atoms with Crippen molar-refractivity contribution in [1.29, 1.82) is 0 Å². The van der Waals surface area contributed by atoms with Crippen molar-refractivity contribution >= 4 is 0 Å². The van der Waals surface area contributed by atoms with Crippen molar-refractivity contribution in [1.82, 2.24) is 0 Å². The van der Waals surface area contributed by atoms with Gasteiger partial charge in [-0.15, -0.1) is 0 Å². The van der Waals surface area contributed by atoms with Crippen molar-refractivity contribution in [3.63, 3.8) is 0 Å². The van der Waals surface area contributed by atoms with E-state index in [-0.39, 0.29) is 0 Å². The van der Waals surface area contributed by atoms with Gasteiger partial charge in [0.2, 0.25) is 0 Å². The van der Waals surface area contributed by atoms with Crippen molar-refractivity contribution in [2.75, 3.05) is 0 Å². The Hall–Kier alpha value is -1.60. The van der Waals surface area contributed by atoms with Crippen LogP contribution in [0, 0.1) is 13.8 Å². The Morgan fingerprint density at radius 3 is 2.41 bits per heavy atom. The highest BCUT2D eigenvalue weighted by Crippen LogP contribution is 2.46. The van der Waals surface area contributed by atoms with Crippen LogP contribution < -0.4 is 0 Å². The quantitative estimate of drug-likeness (QED) is 0.789. The Morgan fingerprint density at radius 1 is 1.06 bits per heavy atom. The minimum absolute atomic E-state index is 0.731. The van der Waals surface area contributed by atoms with Gasteiger partial charge in [0.1, 0.15) is 5.60 Å². The van der Waals surface area contributed by atoms with Crippen LogP contribution in [0.1, 0.15) is 27.8 Å². The van der Waals surface area contributed by atoms with Crippen LogP contribution in [-0.2, 0) is 12.0 Å². The molecule has 1 N–H and O–H groups in total. The third kappa shape index (κ3) is 1.43. The van der Waals surface area contributed by atoms with Crippen molar-refractivity contribution in [3.05, 3.63) is 70.3 Å². The molecule has 3 rings (SSSR count). The topological polar surface area (TPSA) is 20.2 Å². The van der Waals surface area contributed by atoms with E-state index in [1.54, 1.807) is 0 Å². The van der Waals surface area contributed by atoms with Gasteiger partial charge in [-0.3, -0.25) is 0 Å². The Labute approximate surface area is 102 Å². The van der Waals surface area contributed by atoms with Gasteiger partial charge < -0.3 is 5.11 Å². The van der Waals surface area contributed by atoms with Gasteiger partial charge in [-0.25, -0.2) is 0 Å². The van der Waals surface area contributed by atoms with Crippen molar-refractivity contribution in [3.8, 4) is 0 Å². The van der Waals surface area contributed by atoms with Crippen LogP contribution in [0.25, 0.3) is 0 Å². The Bertz CT molecular complexity index is 554. The molecule has 86 valence electrons. The van der Waals surface area contributed by atoms with Gasteiger partial charge in [0.15, 0.2) is 0 Å². The van der Waals surface area contributed by atoms with Gasteiger partial charge in [-0.1, -0.05) is 48.0 Å². The van der Waals surface area contributed by atoms with Gasteiger partial charge in [-0.2, -0.15) is 0 Å². The Kier molecular flexibility index (Phi) is 2.14. The molecular weight excluding hydrogens is 208 g/mol. The second kappa shape index (κ2) is 3.44. The molecule has 0 radical (unpaired) electrons. The van der Waals surface area contributed by atoms with Gasteiger partial charge in [0.25, 0.3) is 0 Å². The summed E-state index contributed by atoms with van der Waals surface area (Å²) in [6.07, 6.45) is 0.731. The van der Waals surface area contributed by atoms with E-state index in [0.717, 1.165) is 17.5 Å². The Morgan fingerprint density at radius 2 is 1.76 bits per heavy atom. The van der Waals surface area contributed by atoms with E-state index in [9.17, 15) is 5.11 Å². The molecule has 0 saturated carbocycles. The molecule has 1 unspecified atom stereocenters. The summed E-state index contributed by atoms with van der Waals surface area (Å²) >= 11 is 0. The maximum absolute atomic E-state index is 10.8. The molecule has 0 spiro atoms. The fourth-order valence-corrected chi connectivity index (χ4v) is 3.00. The number of fused-ring (bicyclic) bond motifs is 1. The first-order valence-electron chi connectivity index (χ1n) is 6.00. The van der Waals surface area contributed by atoms with Crippen molar-refractivity contribution in [2.24, 2.45) is 0 Å². The van der Waals surface area contributed by atoms with Crippen LogP contribution in [-0.4, -0.2) is 5.11 Å². The molecule has 0 amide bonds. The lowest BCUT2D eigenvalue weighted by Crippen LogP contribution is -2.40. The molecular formula is C16H16O. The summed E-state index contributed by atoms with van der Waals surface area (Å²) in [6.45, 7) is 4.19. The molecule has 0 saturated heterocycles. The second-order valence-electron chi connectivity index (χ2n) is 5.02. The lowest BCUT2D eigenvalue weighted by molar-refractivity contribution is 0.0554. The molecule has 1 aliphatic rings. The molecule has 1 heteroatoms. The van der Waals surface area contributed by atoms with Crippen LogP contribution in [0.3, 0.4) is 0 Å². The molecule has 1 aliphatic carbocycles. The van der Waals surface area contributed by atoms with E-state index >= 15 is 0 Å². The predicted octanol–water partition coefficient (Wildman–Crippen LogP) is 3.10. The highest BCUT2D eigenvalue weighted by Gasteiger charge is 2.43. The number of hydrogen-bond donors (Lipinski definition) is 1. The zero-order chi connectivity index (χ0) is 12.0. The fraction of sp³-hybridized carbons (Fsp3) is 0.250. The van der Waals surface area contributed by atoms with E-state index in [2.05, 4.69) is 26.0 Å². The summed E-state index contributed by atoms with van der Waals surface area (Å²) in [7, 11) is 0. The average Bonchev–Trinajstić information content (AvgIpc) is 2.27. The number of rotatable bonds is 1. The highest BCUT2D eigenvalue weighted by molar-refractivity contribution is 5.55. The largest absolute Gasteiger partial charge is 0.380 e. The van der Waals surface area contributed by atoms with Gasteiger partial charge in [-0.05, 0) is 36.1 Å². The summed E-state index contributed by atoms with van der Waals surface area (Å²) in [5.41, 5.74) is 5.09. The molecule has 0 aromatic heterocycles. The molecule has 0 aliphatic heterocycles. The molecule has 2 aromatic carbocycles. The van der Waals surface area contributed by atoms with Crippen molar-refractivity contribution < 1.29 is 5.11 Å². The Balaban J connectivity index is 2.15. The first kappa shape index (κ1) is 10.5. The number of benzene rings is 2. The SMILES string of the molecule is Cc1cc(C)c2c(c1)CC2(O)c1ccccc1. The molecule has 2 aromatic rings. The van der Waals surface area contributed by atoms with E-state index in [1.165, 1.54) is 16.7 Å². The lowest BCUT2D eigenvalue weighted by Gasteiger charge is -2.41. The number of aliphatic hydroxyl groups is 1. The van der Waals surface area contributed by atoms with E-state index in [1.807, 2.05) is 30.3 Å². The van der Waals surface area contributed by atoms with Gasteiger partial charge in [0, 0.05) is 6.42 Å². The molecule has 0 heterocycles. The normalized spacial score (nSPS) is 21.8. The fourth-order valence-electron chi connectivity index (χ4n) is 3.00. The van der Waals surface area contributed by atoms with Gasteiger partial charge in [0.05, 0.1) is 0 Å². The van der Waals surface area contributed by atoms with E-state index in [0.29, 0.717) is 0 Å². The highest BCUT2D eigenvalue weighted by atomic mass is 16.3. The van der Waals surface area contributed by atoms with Crippen LogP contribution in [0.15, 0.2) is 42.5 Å². The minimum Gasteiger partial charge on any atom is -0.380 e. The molecule has 0 bridgehead atoms. The van der Waals surface area contributed by atoms with Crippen LogP contribution in [0.4, 0.5) is 0 Å². The maximum Gasteiger partial charge on any atom is 0.119 e. The molecule has 1 atom stereocenters. The summed E-state index contributed by atoms with van der Waals surface area (Å²) < 4.78 is 0. The van der Waals surface area contributed by atoms with E-state index in [4.69, 9.17) is 0 Å². The number of aryl methyl sites for hydroxylation is 2. The summed E-state index contributed by atoms with van der Waals surface area (Å²) in [5.74, 6) is 0. The zero-order valence-corrected chi connectivity index (χ0v) is 10.2. The minimum atomic E-state index is -0.769. The number of hydrogen-bond acceptors (Lipinski definition) is 1. The maximum atomic E-state index is 10.8. The summed E-state index contributed by atoms with van der Waals surface area (Å²) in [5, 5.41) is 10.8.